The minimum atomic E-state index is 0.511. The number of nitrogens with zero attached hydrogens (tertiary/aromatic N) is 1. The van der Waals surface area contributed by atoms with E-state index in [0.717, 1.165) is 25.2 Å². The zero-order valence-electron chi connectivity index (χ0n) is 12.7. The largest absolute Gasteiger partial charge is 0.476 e. The van der Waals surface area contributed by atoms with Crippen molar-refractivity contribution in [1.82, 2.24) is 4.98 Å². The van der Waals surface area contributed by atoms with Crippen LogP contribution in [0.1, 0.15) is 24.5 Å². The van der Waals surface area contributed by atoms with E-state index in [9.17, 15) is 0 Å². The Hall–Kier alpha value is -2.23. The van der Waals surface area contributed by atoms with Crippen LogP contribution in [-0.2, 0) is 6.42 Å². The summed E-state index contributed by atoms with van der Waals surface area (Å²) >= 11 is 0. The molecule has 1 aromatic heterocycles. The van der Waals surface area contributed by atoms with Crippen molar-refractivity contribution < 1.29 is 4.74 Å². The second kappa shape index (κ2) is 7.53. The van der Waals surface area contributed by atoms with Gasteiger partial charge in [-0.15, -0.1) is 0 Å². The first-order valence-electron chi connectivity index (χ1n) is 7.37. The molecule has 0 unspecified atom stereocenters. The molecular weight excluding hydrogens is 262 g/mol. The van der Waals surface area contributed by atoms with E-state index in [1.54, 1.807) is 0 Å². The summed E-state index contributed by atoms with van der Waals surface area (Å²) in [5.74, 6) is 1.31. The Bertz CT molecular complexity index is 584. The number of aryl methyl sites for hydroxylation is 1. The van der Waals surface area contributed by atoms with Gasteiger partial charge in [-0.1, -0.05) is 36.8 Å². The number of benzene rings is 1. The Morgan fingerprint density at radius 3 is 2.86 bits per heavy atom. The van der Waals surface area contributed by atoms with Crippen LogP contribution >= 0.6 is 0 Å². The van der Waals surface area contributed by atoms with Crippen LogP contribution in [-0.4, -0.2) is 18.1 Å². The van der Waals surface area contributed by atoms with E-state index in [1.165, 1.54) is 11.1 Å². The first-order valence-corrected chi connectivity index (χ1v) is 7.37. The molecule has 1 heterocycles. The molecule has 0 bridgehead atoms. The van der Waals surface area contributed by atoms with Crippen molar-refractivity contribution in [3.8, 4) is 5.88 Å². The molecule has 0 aliphatic rings. The lowest BCUT2D eigenvalue weighted by molar-refractivity contribution is 0.307. The second-order valence-electron chi connectivity index (χ2n) is 5.11. The van der Waals surface area contributed by atoms with Crippen molar-refractivity contribution >= 4 is 11.5 Å². The van der Waals surface area contributed by atoms with E-state index in [0.29, 0.717) is 18.2 Å². The Balaban J connectivity index is 1.91. The fourth-order valence-corrected chi connectivity index (χ4v) is 2.07. The highest BCUT2D eigenvalue weighted by molar-refractivity contribution is 5.53. The maximum Gasteiger partial charge on any atom is 0.239 e. The van der Waals surface area contributed by atoms with Crippen LogP contribution in [0.15, 0.2) is 36.4 Å². The first-order chi connectivity index (χ1) is 10.2. The lowest BCUT2D eigenvalue weighted by atomic mass is 10.1. The van der Waals surface area contributed by atoms with Gasteiger partial charge in [0.05, 0.1) is 12.3 Å². The number of anilines is 2. The summed E-state index contributed by atoms with van der Waals surface area (Å²) in [6, 6.07) is 12.2. The van der Waals surface area contributed by atoms with Gasteiger partial charge in [0, 0.05) is 6.54 Å². The third-order valence-corrected chi connectivity index (χ3v) is 3.13. The van der Waals surface area contributed by atoms with Crippen LogP contribution in [0, 0.1) is 6.92 Å². The number of aromatic nitrogens is 1. The third kappa shape index (κ3) is 4.67. The fraction of sp³-hybridized carbons (Fsp3) is 0.353. The number of pyridine rings is 1. The first kappa shape index (κ1) is 15.2. The van der Waals surface area contributed by atoms with Crippen LogP contribution in [0.4, 0.5) is 11.5 Å². The monoisotopic (exact) mass is 285 g/mol. The predicted molar refractivity (Wildman–Crippen MR) is 87.8 cm³/mol. The van der Waals surface area contributed by atoms with Gasteiger partial charge >= 0.3 is 0 Å². The minimum absolute atomic E-state index is 0.511. The highest BCUT2D eigenvalue weighted by Gasteiger charge is 2.04. The zero-order chi connectivity index (χ0) is 15.1. The van der Waals surface area contributed by atoms with E-state index >= 15 is 0 Å². The normalized spacial score (nSPS) is 10.4. The van der Waals surface area contributed by atoms with Crippen molar-refractivity contribution in [3.63, 3.8) is 0 Å². The Morgan fingerprint density at radius 1 is 1.24 bits per heavy atom. The summed E-state index contributed by atoms with van der Waals surface area (Å²) < 4.78 is 5.53. The second-order valence-corrected chi connectivity index (χ2v) is 5.11. The molecule has 0 spiro atoms. The lowest BCUT2D eigenvalue weighted by Gasteiger charge is -2.10. The van der Waals surface area contributed by atoms with E-state index < -0.39 is 0 Å². The lowest BCUT2D eigenvalue weighted by Crippen LogP contribution is -2.08. The molecule has 112 valence electrons. The van der Waals surface area contributed by atoms with Crippen LogP contribution in [0.2, 0.25) is 0 Å². The van der Waals surface area contributed by atoms with Gasteiger partial charge in [0.25, 0.3) is 0 Å². The number of ether oxygens (including phenoxy) is 1. The molecule has 0 fully saturated rings. The van der Waals surface area contributed by atoms with Crippen molar-refractivity contribution in [1.29, 1.82) is 0 Å². The summed E-state index contributed by atoms with van der Waals surface area (Å²) in [5.41, 5.74) is 9.03. The summed E-state index contributed by atoms with van der Waals surface area (Å²) in [7, 11) is 0. The molecule has 2 aromatic rings. The van der Waals surface area contributed by atoms with Gasteiger partial charge in [-0.3, -0.25) is 0 Å². The highest BCUT2D eigenvalue weighted by Crippen LogP contribution is 2.21. The van der Waals surface area contributed by atoms with Crippen LogP contribution in [0.3, 0.4) is 0 Å². The van der Waals surface area contributed by atoms with Crippen molar-refractivity contribution in [2.24, 2.45) is 0 Å². The number of hydrogen-bond acceptors (Lipinski definition) is 4. The number of rotatable bonds is 7. The van der Waals surface area contributed by atoms with Crippen LogP contribution in [0.5, 0.6) is 5.88 Å². The maximum absolute atomic E-state index is 5.85. The molecule has 0 radical (unpaired) electrons. The molecule has 4 heteroatoms. The standard InChI is InChI=1S/C17H23N3O/c1-3-11-21-17-15(18)7-8-16(20-17)19-10-9-14-6-4-5-13(2)12-14/h4-8,12H,3,9-11,18H2,1-2H3,(H,19,20). The molecule has 3 N–H and O–H groups in total. The molecule has 0 amide bonds. The van der Waals surface area contributed by atoms with E-state index in [2.05, 4.69) is 48.4 Å². The van der Waals surface area contributed by atoms with Gasteiger partial charge in [-0.2, -0.15) is 4.98 Å². The maximum atomic E-state index is 5.85. The Labute approximate surface area is 126 Å². The van der Waals surface area contributed by atoms with Gasteiger partial charge in [0.2, 0.25) is 5.88 Å². The Kier molecular flexibility index (Phi) is 5.43. The molecule has 2 rings (SSSR count). The highest BCUT2D eigenvalue weighted by atomic mass is 16.5. The smallest absolute Gasteiger partial charge is 0.239 e. The van der Waals surface area contributed by atoms with Gasteiger partial charge in [0.1, 0.15) is 5.82 Å². The quantitative estimate of drug-likeness (QED) is 0.818. The molecule has 0 saturated carbocycles. The van der Waals surface area contributed by atoms with Crippen LogP contribution in [0.25, 0.3) is 0 Å². The molecule has 0 aliphatic heterocycles. The van der Waals surface area contributed by atoms with Gasteiger partial charge < -0.3 is 15.8 Å². The predicted octanol–water partition coefficient (Wildman–Crippen LogP) is 3.42. The molecule has 0 atom stereocenters. The molecule has 0 saturated heterocycles. The summed E-state index contributed by atoms with van der Waals surface area (Å²) in [6.07, 6.45) is 1.89. The zero-order valence-corrected chi connectivity index (χ0v) is 12.7. The molecular formula is C17H23N3O. The molecule has 1 aromatic carbocycles. The van der Waals surface area contributed by atoms with E-state index in [-0.39, 0.29) is 0 Å². The summed E-state index contributed by atoms with van der Waals surface area (Å²) in [6.45, 7) is 5.62. The van der Waals surface area contributed by atoms with E-state index in [4.69, 9.17) is 10.5 Å². The van der Waals surface area contributed by atoms with Crippen molar-refractivity contribution in [2.45, 2.75) is 26.7 Å². The number of nitrogen functional groups attached to an aromatic ring is 1. The summed E-state index contributed by atoms with van der Waals surface area (Å²) in [5, 5.41) is 3.31. The third-order valence-electron chi connectivity index (χ3n) is 3.13. The van der Waals surface area contributed by atoms with Crippen LogP contribution < -0.4 is 15.8 Å². The fourth-order valence-electron chi connectivity index (χ4n) is 2.07. The number of nitrogens with two attached hydrogens (primary N) is 1. The average molecular weight is 285 g/mol. The molecule has 21 heavy (non-hydrogen) atoms. The molecule has 0 aliphatic carbocycles. The number of hydrogen-bond donors (Lipinski definition) is 2. The SMILES string of the molecule is CCCOc1nc(NCCc2cccc(C)c2)ccc1N. The number of nitrogens with one attached hydrogen (secondary N) is 1. The average Bonchev–Trinajstić information content (AvgIpc) is 2.48. The van der Waals surface area contributed by atoms with Crippen molar-refractivity contribution in [3.05, 3.63) is 47.5 Å². The summed E-state index contributed by atoms with van der Waals surface area (Å²) in [4.78, 5) is 4.40. The van der Waals surface area contributed by atoms with Crippen molar-refractivity contribution in [2.75, 3.05) is 24.2 Å². The topological polar surface area (TPSA) is 60.2 Å². The Morgan fingerprint density at radius 2 is 2.10 bits per heavy atom. The van der Waals surface area contributed by atoms with E-state index in [1.807, 2.05) is 12.1 Å². The van der Waals surface area contributed by atoms with Gasteiger partial charge in [-0.25, -0.2) is 0 Å². The molecule has 4 nitrogen and oxygen atoms in total. The minimum Gasteiger partial charge on any atom is -0.476 e. The van der Waals surface area contributed by atoms with Gasteiger partial charge in [0.15, 0.2) is 0 Å². The van der Waals surface area contributed by atoms with Gasteiger partial charge in [-0.05, 0) is 37.5 Å².